The highest BCUT2D eigenvalue weighted by molar-refractivity contribution is 6.30. The highest BCUT2D eigenvalue weighted by Crippen LogP contribution is 2.70. The molecule has 0 aromatic heterocycles. The van der Waals surface area contributed by atoms with E-state index in [9.17, 15) is 4.79 Å². The molecule has 1 aliphatic heterocycles. The second-order valence-electron chi connectivity index (χ2n) is 9.14. The molecule has 1 aromatic carbocycles. The number of benzene rings is 1. The number of hydrogen-bond acceptors (Lipinski definition) is 3. The lowest BCUT2D eigenvalue weighted by Crippen LogP contribution is -2.59. The van der Waals surface area contributed by atoms with Crippen LogP contribution in [0.1, 0.15) is 51.2 Å². The van der Waals surface area contributed by atoms with E-state index in [-0.39, 0.29) is 28.9 Å². The Morgan fingerprint density at radius 3 is 2.96 bits per heavy atom. The maximum atomic E-state index is 12.5. The predicted molar refractivity (Wildman–Crippen MR) is 106 cm³/mol. The molecular formula is C22H30ClNO3. The minimum absolute atomic E-state index is 0.0666. The van der Waals surface area contributed by atoms with Crippen molar-refractivity contribution in [3.63, 3.8) is 0 Å². The van der Waals surface area contributed by atoms with E-state index in [2.05, 4.69) is 25.2 Å². The first-order valence-electron chi connectivity index (χ1n) is 10.0. The van der Waals surface area contributed by atoms with Gasteiger partial charge in [0.1, 0.15) is 0 Å². The largest absolute Gasteiger partial charge is 0.384 e. The summed E-state index contributed by atoms with van der Waals surface area (Å²) in [5, 5.41) is 4.16. The summed E-state index contributed by atoms with van der Waals surface area (Å²) in [6.07, 6.45) is 3.85. The van der Waals surface area contributed by atoms with Crippen molar-refractivity contribution in [1.29, 1.82) is 0 Å². The van der Waals surface area contributed by atoms with E-state index < -0.39 is 0 Å². The Morgan fingerprint density at radius 1 is 1.41 bits per heavy atom. The zero-order valence-electron chi connectivity index (χ0n) is 16.5. The zero-order valence-corrected chi connectivity index (χ0v) is 17.2. The van der Waals surface area contributed by atoms with Gasteiger partial charge in [0, 0.05) is 31.2 Å². The molecule has 2 aliphatic carbocycles. The van der Waals surface area contributed by atoms with Crippen LogP contribution in [0.15, 0.2) is 24.3 Å². The first-order chi connectivity index (χ1) is 12.9. The van der Waals surface area contributed by atoms with Gasteiger partial charge in [-0.3, -0.25) is 4.79 Å². The Bertz CT molecular complexity index is 721. The zero-order chi connectivity index (χ0) is 19.2. The molecule has 1 heterocycles. The molecule has 1 unspecified atom stereocenters. The van der Waals surface area contributed by atoms with Gasteiger partial charge in [0.05, 0.1) is 12.7 Å². The molecule has 27 heavy (non-hydrogen) atoms. The summed E-state index contributed by atoms with van der Waals surface area (Å²) in [7, 11) is 1.64. The summed E-state index contributed by atoms with van der Waals surface area (Å²) < 4.78 is 11.4. The van der Waals surface area contributed by atoms with Crippen LogP contribution in [0.3, 0.4) is 0 Å². The average Bonchev–Trinajstić information content (AvgIpc) is 3.12. The standard InChI is InChI=1S/C22H30ClNO3/c1-21(2)15-12-17-19(14-5-4-6-16(23)11-14)27-10-8-22(17,13-15)20(21)24-18(25)7-9-26-3/h4-6,11,15,17,19-20H,7-10,12-13H2,1-3H3,(H,24,25)/t15-,17-,19-,20+,22?/m1/s1. The number of fused-ring (bicyclic) bond motifs is 1. The highest BCUT2D eigenvalue weighted by atomic mass is 35.5. The lowest BCUT2D eigenvalue weighted by Gasteiger charge is -2.53. The maximum Gasteiger partial charge on any atom is 0.222 e. The Balaban J connectivity index is 1.63. The normalized spacial score (nSPS) is 36.4. The van der Waals surface area contributed by atoms with E-state index in [1.165, 1.54) is 12.0 Å². The van der Waals surface area contributed by atoms with Crippen molar-refractivity contribution in [3.8, 4) is 0 Å². The molecule has 1 aromatic rings. The van der Waals surface area contributed by atoms with Gasteiger partial charge in [-0.25, -0.2) is 0 Å². The van der Waals surface area contributed by atoms with Crippen LogP contribution in [-0.4, -0.2) is 32.3 Å². The molecule has 1 N–H and O–H groups in total. The van der Waals surface area contributed by atoms with Gasteiger partial charge in [0.25, 0.3) is 0 Å². The lowest BCUT2D eigenvalue weighted by molar-refractivity contribution is -0.137. The summed E-state index contributed by atoms with van der Waals surface area (Å²) >= 11 is 6.25. The minimum Gasteiger partial charge on any atom is -0.384 e. The molecule has 2 bridgehead atoms. The number of hydrogen-bond donors (Lipinski definition) is 1. The smallest absolute Gasteiger partial charge is 0.222 e. The van der Waals surface area contributed by atoms with E-state index in [0.717, 1.165) is 24.5 Å². The Kier molecular flexibility index (Phi) is 5.02. The third-order valence-corrected chi connectivity index (χ3v) is 7.76. The third-order valence-electron chi connectivity index (χ3n) is 7.52. The van der Waals surface area contributed by atoms with Gasteiger partial charge in [-0.1, -0.05) is 37.6 Å². The quantitative estimate of drug-likeness (QED) is 0.810. The molecule has 0 radical (unpaired) electrons. The van der Waals surface area contributed by atoms with E-state index in [4.69, 9.17) is 21.1 Å². The summed E-state index contributed by atoms with van der Waals surface area (Å²) in [5.74, 6) is 1.13. The molecule has 4 rings (SSSR count). The SMILES string of the molecule is COCCC(=O)N[C@H]1C(C)(C)[C@@H]2C[C@@H]3[C@@H](c4cccc(Cl)c4)OCCC31C2. The van der Waals surface area contributed by atoms with Crippen LogP contribution in [0.5, 0.6) is 0 Å². The number of methoxy groups -OCH3 is 1. The topological polar surface area (TPSA) is 47.6 Å². The van der Waals surface area contributed by atoms with Gasteiger partial charge in [-0.05, 0) is 59.6 Å². The first-order valence-corrected chi connectivity index (χ1v) is 10.4. The highest BCUT2D eigenvalue weighted by Gasteiger charge is 2.68. The fraction of sp³-hybridized carbons (Fsp3) is 0.682. The molecule has 1 saturated heterocycles. The minimum atomic E-state index is 0.0666. The van der Waals surface area contributed by atoms with Crippen LogP contribution in [0.2, 0.25) is 5.02 Å². The van der Waals surface area contributed by atoms with Gasteiger partial charge >= 0.3 is 0 Å². The van der Waals surface area contributed by atoms with Crippen LogP contribution in [0, 0.1) is 22.7 Å². The monoisotopic (exact) mass is 391 g/mol. The molecule has 2 saturated carbocycles. The maximum absolute atomic E-state index is 12.5. The van der Waals surface area contributed by atoms with Crippen molar-refractivity contribution < 1.29 is 14.3 Å². The fourth-order valence-electron chi connectivity index (χ4n) is 6.23. The van der Waals surface area contributed by atoms with Gasteiger partial charge in [-0.15, -0.1) is 0 Å². The van der Waals surface area contributed by atoms with Crippen molar-refractivity contribution in [1.82, 2.24) is 5.32 Å². The summed E-state index contributed by atoms with van der Waals surface area (Å²) in [4.78, 5) is 12.5. The number of ether oxygens (including phenoxy) is 2. The molecule has 3 fully saturated rings. The van der Waals surface area contributed by atoms with Crippen LogP contribution in [-0.2, 0) is 14.3 Å². The number of carbonyl (C=O) groups is 1. The Labute approximate surface area is 166 Å². The predicted octanol–water partition coefficient (Wildman–Crippen LogP) is 4.38. The number of halogens is 1. The Morgan fingerprint density at radius 2 is 2.22 bits per heavy atom. The van der Waals surface area contributed by atoms with Crippen LogP contribution < -0.4 is 5.32 Å². The second kappa shape index (κ2) is 7.06. The van der Waals surface area contributed by atoms with E-state index in [1.54, 1.807) is 7.11 Å². The van der Waals surface area contributed by atoms with Crippen LogP contribution >= 0.6 is 11.6 Å². The summed E-state index contributed by atoms with van der Waals surface area (Å²) in [6, 6.07) is 8.26. The van der Waals surface area contributed by atoms with E-state index >= 15 is 0 Å². The van der Waals surface area contributed by atoms with Crippen molar-refractivity contribution >= 4 is 17.5 Å². The van der Waals surface area contributed by atoms with Gasteiger partial charge in [0.15, 0.2) is 0 Å². The molecule has 1 spiro atoms. The molecule has 3 aliphatic rings. The van der Waals surface area contributed by atoms with Gasteiger partial charge in [0.2, 0.25) is 5.91 Å². The molecule has 4 nitrogen and oxygen atoms in total. The van der Waals surface area contributed by atoms with Gasteiger partial charge < -0.3 is 14.8 Å². The van der Waals surface area contributed by atoms with Crippen LogP contribution in [0.4, 0.5) is 0 Å². The average molecular weight is 392 g/mol. The fourth-order valence-corrected chi connectivity index (χ4v) is 6.43. The van der Waals surface area contributed by atoms with E-state index in [1.807, 2.05) is 18.2 Å². The number of rotatable bonds is 5. The number of amides is 1. The van der Waals surface area contributed by atoms with Crippen molar-refractivity contribution in [2.24, 2.45) is 22.7 Å². The van der Waals surface area contributed by atoms with Gasteiger partial charge in [-0.2, -0.15) is 0 Å². The third kappa shape index (κ3) is 3.10. The lowest BCUT2D eigenvalue weighted by atomic mass is 9.59. The van der Waals surface area contributed by atoms with Crippen molar-refractivity contribution in [2.45, 2.75) is 51.7 Å². The summed E-state index contributed by atoms with van der Waals surface area (Å²) in [5.41, 5.74) is 1.39. The number of carbonyl (C=O) groups excluding carboxylic acids is 1. The van der Waals surface area contributed by atoms with Crippen molar-refractivity contribution in [3.05, 3.63) is 34.9 Å². The molecule has 5 heteroatoms. The molecule has 5 atom stereocenters. The first kappa shape index (κ1) is 19.2. The second-order valence-corrected chi connectivity index (χ2v) is 9.57. The molecular weight excluding hydrogens is 362 g/mol. The van der Waals surface area contributed by atoms with Crippen molar-refractivity contribution in [2.75, 3.05) is 20.3 Å². The summed E-state index contributed by atoms with van der Waals surface area (Å²) in [6.45, 7) is 5.86. The molecule has 148 valence electrons. The number of nitrogens with one attached hydrogen (secondary N) is 1. The Hall–Kier alpha value is -1.10. The molecule has 1 amide bonds. The van der Waals surface area contributed by atoms with E-state index in [0.29, 0.717) is 24.9 Å². The van der Waals surface area contributed by atoms with Crippen LogP contribution in [0.25, 0.3) is 0 Å².